The second kappa shape index (κ2) is 7.11. The Morgan fingerprint density at radius 3 is 2.57 bits per heavy atom. The van der Waals surface area contributed by atoms with Gasteiger partial charge in [0.25, 0.3) is 0 Å². The topological polar surface area (TPSA) is 74.6 Å². The van der Waals surface area contributed by atoms with Crippen LogP contribution in [0.5, 0.6) is 0 Å². The van der Waals surface area contributed by atoms with Gasteiger partial charge in [0.2, 0.25) is 0 Å². The average molecular weight is 391 g/mol. The third kappa shape index (κ3) is 3.05. The van der Waals surface area contributed by atoms with E-state index in [0.717, 1.165) is 32.1 Å². The summed E-state index contributed by atoms with van der Waals surface area (Å²) in [5, 5.41) is 20.3. The number of aliphatic hydroxyl groups is 1. The maximum Gasteiger partial charge on any atom is 0.303 e. The van der Waals surface area contributed by atoms with E-state index in [1.165, 1.54) is 19.3 Å². The summed E-state index contributed by atoms with van der Waals surface area (Å²) in [6.45, 7) is 7.10. The van der Waals surface area contributed by atoms with E-state index in [9.17, 15) is 14.7 Å². The highest BCUT2D eigenvalue weighted by Gasteiger charge is 2.62. The molecule has 9 atom stereocenters. The predicted molar refractivity (Wildman–Crippen MR) is 108 cm³/mol. The van der Waals surface area contributed by atoms with Crippen molar-refractivity contribution in [1.29, 1.82) is 0 Å². The molecule has 4 saturated carbocycles. The lowest BCUT2D eigenvalue weighted by Gasteiger charge is -2.62. The molecule has 158 valence electrons. The first-order valence-electron chi connectivity index (χ1n) is 11.6. The van der Waals surface area contributed by atoms with E-state index < -0.39 is 5.97 Å². The molecular weight excluding hydrogens is 352 g/mol. The van der Waals surface area contributed by atoms with Crippen LogP contribution >= 0.6 is 0 Å². The van der Waals surface area contributed by atoms with Gasteiger partial charge in [-0.1, -0.05) is 20.8 Å². The minimum atomic E-state index is -0.691. The van der Waals surface area contributed by atoms with Crippen LogP contribution in [-0.2, 0) is 9.59 Å². The van der Waals surface area contributed by atoms with E-state index in [1.54, 1.807) is 0 Å². The van der Waals surface area contributed by atoms with Gasteiger partial charge in [0.05, 0.1) is 6.10 Å². The number of ketones is 1. The zero-order valence-electron chi connectivity index (χ0n) is 17.8. The Balaban J connectivity index is 1.56. The van der Waals surface area contributed by atoms with Crippen LogP contribution < -0.4 is 0 Å². The van der Waals surface area contributed by atoms with Crippen molar-refractivity contribution in [1.82, 2.24) is 0 Å². The zero-order chi connectivity index (χ0) is 20.3. The molecular formula is C24H38O4. The number of aliphatic hydroxyl groups excluding tert-OH is 1. The monoisotopic (exact) mass is 390 g/mol. The molecule has 0 spiro atoms. The molecule has 0 aromatic heterocycles. The molecule has 0 radical (unpaired) electrons. The minimum Gasteiger partial charge on any atom is -0.481 e. The summed E-state index contributed by atoms with van der Waals surface area (Å²) < 4.78 is 0. The number of carboxylic acids is 1. The number of carbonyl (C=O) groups excluding carboxylic acids is 1. The molecule has 0 aromatic carbocycles. The molecule has 0 aromatic rings. The summed E-state index contributed by atoms with van der Waals surface area (Å²) in [4.78, 5) is 23.1. The maximum atomic E-state index is 12.1. The minimum absolute atomic E-state index is 0.214. The van der Waals surface area contributed by atoms with Crippen LogP contribution in [0.2, 0.25) is 0 Å². The van der Waals surface area contributed by atoms with Crippen molar-refractivity contribution in [2.45, 2.75) is 91.1 Å². The summed E-state index contributed by atoms with van der Waals surface area (Å²) in [5.74, 6) is 2.52. The number of fused-ring (bicyclic) bond motifs is 5. The number of rotatable bonds is 4. The van der Waals surface area contributed by atoms with E-state index >= 15 is 0 Å². The molecule has 2 N–H and O–H groups in total. The molecule has 0 heterocycles. The van der Waals surface area contributed by atoms with Gasteiger partial charge >= 0.3 is 5.97 Å². The molecule has 28 heavy (non-hydrogen) atoms. The Labute approximate surface area is 169 Å². The molecule has 4 rings (SSSR count). The first kappa shape index (κ1) is 20.4. The lowest BCUT2D eigenvalue weighted by atomic mass is 9.44. The molecule has 0 bridgehead atoms. The van der Waals surface area contributed by atoms with Gasteiger partial charge in [-0.05, 0) is 91.3 Å². The van der Waals surface area contributed by atoms with Crippen molar-refractivity contribution in [3.8, 4) is 0 Å². The highest BCUT2D eigenvalue weighted by Crippen LogP contribution is 2.68. The lowest BCUT2D eigenvalue weighted by Crippen LogP contribution is -2.58. The molecule has 8 unspecified atom stereocenters. The van der Waals surface area contributed by atoms with Crippen LogP contribution in [-0.4, -0.2) is 28.1 Å². The normalized spacial score (nSPS) is 49.1. The second-order valence-electron chi connectivity index (χ2n) is 11.2. The van der Waals surface area contributed by atoms with Crippen LogP contribution in [0.15, 0.2) is 0 Å². The highest BCUT2D eigenvalue weighted by atomic mass is 16.4. The fourth-order valence-corrected chi connectivity index (χ4v) is 8.54. The van der Waals surface area contributed by atoms with Crippen LogP contribution in [0.25, 0.3) is 0 Å². The van der Waals surface area contributed by atoms with Crippen LogP contribution in [0.4, 0.5) is 0 Å². The fraction of sp³-hybridized carbons (Fsp3) is 0.917. The number of carboxylic acid groups (broad SMARTS) is 1. The summed E-state index contributed by atoms with van der Waals surface area (Å²) in [7, 11) is 0. The Morgan fingerprint density at radius 1 is 1.14 bits per heavy atom. The first-order chi connectivity index (χ1) is 13.2. The number of carbonyl (C=O) groups is 2. The van der Waals surface area contributed by atoms with Gasteiger partial charge in [-0.2, -0.15) is 0 Å². The first-order valence-corrected chi connectivity index (χ1v) is 11.6. The van der Waals surface area contributed by atoms with E-state index in [4.69, 9.17) is 5.11 Å². The van der Waals surface area contributed by atoms with Crippen LogP contribution in [0, 0.1) is 46.3 Å². The third-order valence-electron chi connectivity index (χ3n) is 10.1. The van der Waals surface area contributed by atoms with Crippen molar-refractivity contribution < 1.29 is 19.8 Å². The van der Waals surface area contributed by atoms with Crippen LogP contribution in [0.3, 0.4) is 0 Å². The van der Waals surface area contributed by atoms with Crippen molar-refractivity contribution in [3.63, 3.8) is 0 Å². The van der Waals surface area contributed by atoms with Gasteiger partial charge in [-0.25, -0.2) is 0 Å². The standard InChI is InChI=1S/C24H38O4/c1-14(4-7-21(27)28)17-5-6-18-22-19(9-11-24(17,18)3)23(2)10-8-16(25)12-15(23)13-20(22)26/h14-15,17-20,22,26H,4-13H2,1-3H3,(H,27,28)/t14-,15?,17?,18?,19?,20?,22?,23?,24?/m1/s1. The van der Waals surface area contributed by atoms with Crippen molar-refractivity contribution >= 4 is 11.8 Å². The van der Waals surface area contributed by atoms with Gasteiger partial charge in [0.1, 0.15) is 5.78 Å². The second-order valence-corrected chi connectivity index (χ2v) is 11.2. The van der Waals surface area contributed by atoms with E-state index in [1.807, 2.05) is 0 Å². The van der Waals surface area contributed by atoms with Gasteiger partial charge in [0, 0.05) is 19.3 Å². The summed E-state index contributed by atoms with van der Waals surface area (Å²) in [6, 6.07) is 0. The molecule has 0 saturated heterocycles. The molecule has 4 aliphatic carbocycles. The largest absolute Gasteiger partial charge is 0.481 e. The molecule has 0 amide bonds. The number of aliphatic carboxylic acids is 1. The van der Waals surface area contributed by atoms with Crippen molar-refractivity contribution in [2.75, 3.05) is 0 Å². The van der Waals surface area contributed by atoms with Crippen molar-refractivity contribution in [3.05, 3.63) is 0 Å². The predicted octanol–water partition coefficient (Wildman–Crippen LogP) is 4.69. The van der Waals surface area contributed by atoms with Gasteiger partial charge in [0.15, 0.2) is 0 Å². The third-order valence-corrected chi connectivity index (χ3v) is 10.1. The van der Waals surface area contributed by atoms with Gasteiger partial charge in [-0.15, -0.1) is 0 Å². The number of hydrogen-bond acceptors (Lipinski definition) is 3. The Kier molecular flexibility index (Phi) is 5.17. The number of Topliss-reactive ketones (excluding diaryl/α,β-unsaturated/α-hetero) is 1. The lowest BCUT2D eigenvalue weighted by molar-refractivity contribution is -0.169. The maximum absolute atomic E-state index is 12.1. The SMILES string of the molecule is C[C@H](CCC(=O)O)C1CCC2C3C(O)CC4CC(=O)CCC4(C)C3CCC21C. The summed E-state index contributed by atoms with van der Waals surface area (Å²) in [5.41, 5.74) is 0.444. The Hall–Kier alpha value is -0.900. The van der Waals surface area contributed by atoms with Crippen LogP contribution in [0.1, 0.15) is 85.0 Å². The molecule has 0 aliphatic heterocycles. The highest BCUT2D eigenvalue weighted by molar-refractivity contribution is 5.79. The van der Waals surface area contributed by atoms with Crippen molar-refractivity contribution in [2.24, 2.45) is 46.3 Å². The molecule has 4 aliphatic rings. The number of hydrogen-bond donors (Lipinski definition) is 2. The Morgan fingerprint density at radius 2 is 1.86 bits per heavy atom. The molecule has 4 fully saturated rings. The summed E-state index contributed by atoms with van der Waals surface area (Å²) in [6.07, 6.45) is 8.68. The van der Waals surface area contributed by atoms with Gasteiger partial charge < -0.3 is 10.2 Å². The quantitative estimate of drug-likeness (QED) is 0.730. The molecule has 4 heteroatoms. The zero-order valence-corrected chi connectivity index (χ0v) is 17.8. The summed E-state index contributed by atoms with van der Waals surface area (Å²) >= 11 is 0. The van der Waals surface area contributed by atoms with E-state index in [0.29, 0.717) is 47.7 Å². The average Bonchev–Trinajstić information content (AvgIpc) is 2.98. The van der Waals surface area contributed by atoms with E-state index in [2.05, 4.69) is 20.8 Å². The Bertz CT molecular complexity index is 645. The molecule has 4 nitrogen and oxygen atoms in total. The fourth-order valence-electron chi connectivity index (χ4n) is 8.54. The smallest absolute Gasteiger partial charge is 0.303 e. The van der Waals surface area contributed by atoms with Gasteiger partial charge in [-0.3, -0.25) is 9.59 Å². The van der Waals surface area contributed by atoms with E-state index in [-0.39, 0.29) is 23.4 Å².